The molecule has 1 amide bonds. The highest BCUT2D eigenvalue weighted by Crippen LogP contribution is 2.26. The van der Waals surface area contributed by atoms with Crippen molar-refractivity contribution in [2.24, 2.45) is 0 Å². The van der Waals surface area contributed by atoms with Crippen molar-refractivity contribution >= 4 is 17.2 Å². The maximum absolute atomic E-state index is 12.8. The molecule has 0 bridgehead atoms. The molecule has 5 rings (SSSR count). The van der Waals surface area contributed by atoms with Gasteiger partial charge in [-0.1, -0.05) is 41.6 Å². The number of aromatic nitrogens is 5. The predicted octanol–water partition coefficient (Wildman–Crippen LogP) is 3.48. The molecule has 0 unspecified atom stereocenters. The topological polar surface area (TPSA) is 79.7 Å². The van der Waals surface area contributed by atoms with Gasteiger partial charge in [0.25, 0.3) is 5.91 Å². The first kappa shape index (κ1) is 16.9. The minimum atomic E-state index is -0.0510. The van der Waals surface area contributed by atoms with Crippen LogP contribution in [0.5, 0.6) is 0 Å². The minimum Gasteiger partial charge on any atom is -0.335 e. The Morgan fingerprint density at radius 3 is 2.89 bits per heavy atom. The molecule has 1 aliphatic heterocycles. The normalized spacial score (nSPS) is 16.6. The number of carbonyl (C=O) groups is 1. The van der Waals surface area contributed by atoms with Gasteiger partial charge in [0, 0.05) is 18.7 Å². The van der Waals surface area contributed by atoms with Crippen molar-refractivity contribution in [2.75, 3.05) is 13.1 Å². The number of likely N-dealkylation sites (tertiary alicyclic amines) is 1. The molecular formula is C20H18N6OS. The van der Waals surface area contributed by atoms with Gasteiger partial charge >= 0.3 is 0 Å². The Morgan fingerprint density at radius 2 is 2.07 bits per heavy atom. The molecule has 1 atom stereocenters. The van der Waals surface area contributed by atoms with Crippen LogP contribution in [0.25, 0.3) is 21.8 Å². The first-order valence-corrected chi connectivity index (χ1v) is 10.0. The molecule has 1 fully saturated rings. The molecule has 4 aromatic rings. The Balaban J connectivity index is 1.28. The van der Waals surface area contributed by atoms with E-state index < -0.39 is 0 Å². The van der Waals surface area contributed by atoms with Crippen LogP contribution in [0.3, 0.4) is 0 Å². The van der Waals surface area contributed by atoms with Crippen molar-refractivity contribution < 1.29 is 4.79 Å². The number of nitrogens with zero attached hydrogens (tertiary/aromatic N) is 5. The van der Waals surface area contributed by atoms with Crippen LogP contribution in [0.15, 0.2) is 60.1 Å². The maximum Gasteiger partial charge on any atom is 0.274 e. The third kappa shape index (κ3) is 3.11. The summed E-state index contributed by atoms with van der Waals surface area (Å²) in [6.45, 7) is 1.29. The monoisotopic (exact) mass is 390 g/mol. The second-order valence-corrected chi connectivity index (χ2v) is 7.74. The molecule has 1 saturated heterocycles. The summed E-state index contributed by atoms with van der Waals surface area (Å²) in [7, 11) is 0. The lowest BCUT2D eigenvalue weighted by Gasteiger charge is -2.14. The number of benzene rings is 1. The predicted molar refractivity (Wildman–Crippen MR) is 107 cm³/mol. The Kier molecular flexibility index (Phi) is 4.25. The van der Waals surface area contributed by atoms with Gasteiger partial charge < -0.3 is 4.90 Å². The lowest BCUT2D eigenvalue weighted by atomic mass is 10.2. The van der Waals surface area contributed by atoms with Crippen LogP contribution in [0, 0.1) is 0 Å². The van der Waals surface area contributed by atoms with E-state index in [0.29, 0.717) is 18.8 Å². The highest BCUT2D eigenvalue weighted by molar-refractivity contribution is 7.13. The Morgan fingerprint density at radius 1 is 1.18 bits per heavy atom. The number of aromatic amines is 1. The van der Waals surface area contributed by atoms with Gasteiger partial charge in [-0.2, -0.15) is 5.10 Å². The van der Waals surface area contributed by atoms with E-state index in [-0.39, 0.29) is 11.9 Å². The smallest absolute Gasteiger partial charge is 0.274 e. The third-order valence-electron chi connectivity index (χ3n) is 4.99. The van der Waals surface area contributed by atoms with Gasteiger partial charge in [-0.3, -0.25) is 9.89 Å². The standard InChI is InChI=1S/C20H18N6OS/c27-20(17-11-16(21-22-17)19-7-4-10-28-19)25-9-8-15(12-25)26-13-18(23-24-26)14-5-2-1-3-6-14/h1-7,10-11,13,15H,8-9,12H2,(H,21,22)/t15-/m1/s1. The van der Waals surface area contributed by atoms with E-state index in [1.54, 1.807) is 11.3 Å². The lowest BCUT2D eigenvalue weighted by Crippen LogP contribution is -2.29. The molecule has 1 aliphatic rings. The Hall–Kier alpha value is -3.26. The van der Waals surface area contributed by atoms with E-state index in [9.17, 15) is 4.79 Å². The van der Waals surface area contributed by atoms with Crippen molar-refractivity contribution in [2.45, 2.75) is 12.5 Å². The summed E-state index contributed by atoms with van der Waals surface area (Å²) in [5.41, 5.74) is 3.21. The van der Waals surface area contributed by atoms with Gasteiger partial charge in [-0.15, -0.1) is 16.4 Å². The quantitative estimate of drug-likeness (QED) is 0.578. The molecule has 8 heteroatoms. The zero-order chi connectivity index (χ0) is 18.9. The maximum atomic E-state index is 12.8. The third-order valence-corrected chi connectivity index (χ3v) is 5.89. The highest BCUT2D eigenvalue weighted by Gasteiger charge is 2.30. The fourth-order valence-electron chi connectivity index (χ4n) is 3.49. The fraction of sp³-hybridized carbons (Fsp3) is 0.200. The van der Waals surface area contributed by atoms with E-state index in [1.807, 2.05) is 69.7 Å². The second kappa shape index (κ2) is 7.05. The number of thiophene rings is 1. The van der Waals surface area contributed by atoms with E-state index in [2.05, 4.69) is 20.5 Å². The Labute approximate surface area is 165 Å². The van der Waals surface area contributed by atoms with Crippen LogP contribution >= 0.6 is 11.3 Å². The van der Waals surface area contributed by atoms with Gasteiger partial charge in [0.15, 0.2) is 5.69 Å². The van der Waals surface area contributed by atoms with Crippen LogP contribution in [0.2, 0.25) is 0 Å². The summed E-state index contributed by atoms with van der Waals surface area (Å²) in [6.07, 6.45) is 2.81. The van der Waals surface area contributed by atoms with E-state index in [0.717, 1.165) is 28.2 Å². The largest absolute Gasteiger partial charge is 0.335 e. The number of H-pyrrole nitrogens is 1. The molecule has 7 nitrogen and oxygen atoms in total. The van der Waals surface area contributed by atoms with E-state index >= 15 is 0 Å². The molecule has 0 radical (unpaired) electrons. The second-order valence-electron chi connectivity index (χ2n) is 6.79. The molecular weight excluding hydrogens is 372 g/mol. The fourth-order valence-corrected chi connectivity index (χ4v) is 4.18. The van der Waals surface area contributed by atoms with Crippen molar-refractivity contribution in [3.05, 3.63) is 65.8 Å². The number of carbonyl (C=O) groups excluding carboxylic acids is 1. The van der Waals surface area contributed by atoms with Gasteiger partial charge in [-0.05, 0) is 23.9 Å². The summed E-state index contributed by atoms with van der Waals surface area (Å²) in [5, 5.41) is 17.8. The van der Waals surface area contributed by atoms with Crippen LogP contribution in [-0.4, -0.2) is 49.1 Å². The van der Waals surface area contributed by atoms with Crippen molar-refractivity contribution in [1.82, 2.24) is 30.1 Å². The summed E-state index contributed by atoms with van der Waals surface area (Å²) in [6, 6.07) is 15.9. The SMILES string of the molecule is O=C(c1cc(-c2cccs2)[nH]n1)N1CC[C@@H](n2cc(-c3ccccc3)nn2)C1. The van der Waals surface area contributed by atoms with Crippen molar-refractivity contribution in [1.29, 1.82) is 0 Å². The zero-order valence-corrected chi connectivity index (χ0v) is 15.8. The van der Waals surface area contributed by atoms with Crippen molar-refractivity contribution in [3.63, 3.8) is 0 Å². The van der Waals surface area contributed by atoms with E-state index in [4.69, 9.17) is 0 Å². The molecule has 1 aromatic carbocycles. The van der Waals surface area contributed by atoms with Gasteiger partial charge in [0.1, 0.15) is 5.69 Å². The molecule has 0 saturated carbocycles. The summed E-state index contributed by atoms with van der Waals surface area (Å²) in [5.74, 6) is -0.0510. The van der Waals surface area contributed by atoms with Gasteiger partial charge in [0.05, 0.1) is 22.8 Å². The molecule has 28 heavy (non-hydrogen) atoms. The first-order valence-electron chi connectivity index (χ1n) is 9.14. The molecule has 140 valence electrons. The number of rotatable bonds is 4. The summed E-state index contributed by atoms with van der Waals surface area (Å²) < 4.78 is 1.87. The molecule has 0 aliphatic carbocycles. The first-order chi connectivity index (χ1) is 13.8. The lowest BCUT2D eigenvalue weighted by molar-refractivity contribution is 0.0781. The average Bonchev–Trinajstić information content (AvgIpc) is 3.54. The van der Waals surface area contributed by atoms with E-state index in [1.165, 1.54) is 0 Å². The number of hydrogen-bond acceptors (Lipinski definition) is 5. The van der Waals surface area contributed by atoms with Crippen LogP contribution in [0.4, 0.5) is 0 Å². The highest BCUT2D eigenvalue weighted by atomic mass is 32.1. The summed E-state index contributed by atoms with van der Waals surface area (Å²) in [4.78, 5) is 15.7. The minimum absolute atomic E-state index is 0.0510. The van der Waals surface area contributed by atoms with Gasteiger partial charge in [-0.25, -0.2) is 4.68 Å². The average molecular weight is 390 g/mol. The van der Waals surface area contributed by atoms with Crippen LogP contribution < -0.4 is 0 Å². The molecule has 4 heterocycles. The van der Waals surface area contributed by atoms with Gasteiger partial charge in [0.2, 0.25) is 0 Å². The zero-order valence-electron chi connectivity index (χ0n) is 15.0. The van der Waals surface area contributed by atoms with Crippen LogP contribution in [0.1, 0.15) is 23.0 Å². The molecule has 0 spiro atoms. The number of hydrogen-bond donors (Lipinski definition) is 1. The van der Waals surface area contributed by atoms with Crippen molar-refractivity contribution in [3.8, 4) is 21.8 Å². The molecule has 3 aromatic heterocycles. The number of nitrogens with one attached hydrogen (secondary N) is 1. The van der Waals surface area contributed by atoms with Crippen LogP contribution in [-0.2, 0) is 0 Å². The summed E-state index contributed by atoms with van der Waals surface area (Å²) >= 11 is 1.62. The molecule has 1 N–H and O–H groups in total. The Bertz CT molecular complexity index is 1090. The number of amides is 1.